The van der Waals surface area contributed by atoms with Crippen molar-refractivity contribution in [3.8, 4) is 0 Å². The van der Waals surface area contributed by atoms with Crippen LogP contribution in [-0.2, 0) is 17.8 Å². The van der Waals surface area contributed by atoms with E-state index in [9.17, 15) is 4.79 Å². The minimum Gasteiger partial charge on any atom is -0.464 e. The van der Waals surface area contributed by atoms with Gasteiger partial charge in [-0.3, -0.25) is 0 Å². The molecule has 0 radical (unpaired) electrons. The van der Waals surface area contributed by atoms with Crippen LogP contribution in [0.1, 0.15) is 16.3 Å². The topological polar surface area (TPSA) is 56.1 Å². The lowest BCUT2D eigenvalue weighted by molar-refractivity contribution is 0.0587. The number of fused-ring (bicyclic) bond motifs is 1. The number of nitrogens with zero attached hydrogens (tertiary/aromatic N) is 2. The molecule has 0 unspecified atom stereocenters. The van der Waals surface area contributed by atoms with Crippen molar-refractivity contribution in [2.45, 2.75) is 13.1 Å². The van der Waals surface area contributed by atoms with E-state index >= 15 is 0 Å². The molecule has 0 amide bonds. The fourth-order valence-corrected chi connectivity index (χ4v) is 1.46. The zero-order valence-electron chi connectivity index (χ0n) is 8.23. The molecule has 5 nitrogen and oxygen atoms in total. The number of aromatic nitrogens is 2. The molecule has 1 aliphatic rings. The Bertz CT molecular complexity index is 341. The highest BCUT2D eigenvalue weighted by molar-refractivity contribution is 5.87. The average Bonchev–Trinajstić information content (AvgIpc) is 2.60. The zero-order valence-corrected chi connectivity index (χ0v) is 9.86. The van der Waals surface area contributed by atoms with Gasteiger partial charge in [0.05, 0.1) is 19.9 Å². The summed E-state index contributed by atoms with van der Waals surface area (Å²) in [5.74, 6) is 0.576. The summed E-state index contributed by atoms with van der Waals surface area (Å²) >= 11 is 0. The third kappa shape index (κ3) is 2.62. The normalized spacial score (nSPS) is 13.1. The maximum absolute atomic E-state index is 11.2. The molecule has 2 rings (SSSR count). The van der Waals surface area contributed by atoms with Gasteiger partial charge in [0, 0.05) is 13.1 Å². The van der Waals surface area contributed by atoms with E-state index in [1.807, 2.05) is 4.57 Å². The van der Waals surface area contributed by atoms with Crippen molar-refractivity contribution in [1.82, 2.24) is 14.9 Å². The predicted molar refractivity (Wildman–Crippen MR) is 59.8 cm³/mol. The Kier molecular flexibility index (Phi) is 5.64. The Morgan fingerprint density at radius 3 is 3.00 bits per heavy atom. The molecule has 1 aliphatic heterocycles. The summed E-state index contributed by atoms with van der Waals surface area (Å²) in [6.07, 6.45) is 1.56. The second-order valence-electron chi connectivity index (χ2n) is 2.88. The number of ether oxygens (including phenoxy) is 1. The molecule has 86 valence electrons. The Hall–Kier alpha value is -0.780. The number of hydrogen-bond acceptors (Lipinski definition) is 4. The standard InChI is InChI=1S/C8H11N3O2.2ClH/c1-13-8(12)6-4-10-7-5-9-2-3-11(6)7;;/h4,9H,2-3,5H2,1H3;2*1H. The molecule has 7 heteroatoms. The molecule has 0 saturated carbocycles. The van der Waals surface area contributed by atoms with E-state index in [2.05, 4.69) is 15.0 Å². The summed E-state index contributed by atoms with van der Waals surface area (Å²) in [6.45, 7) is 2.37. The Labute approximate surface area is 100 Å². The number of nitrogens with one attached hydrogen (secondary N) is 1. The summed E-state index contributed by atoms with van der Waals surface area (Å²) in [4.78, 5) is 15.4. The number of rotatable bonds is 1. The first-order valence-corrected chi connectivity index (χ1v) is 4.16. The molecule has 15 heavy (non-hydrogen) atoms. The number of hydrogen-bond donors (Lipinski definition) is 1. The van der Waals surface area contributed by atoms with E-state index in [4.69, 9.17) is 0 Å². The van der Waals surface area contributed by atoms with E-state index in [1.54, 1.807) is 6.20 Å². The van der Waals surface area contributed by atoms with Crippen LogP contribution in [0.3, 0.4) is 0 Å². The Morgan fingerprint density at radius 1 is 1.60 bits per heavy atom. The highest BCUT2D eigenvalue weighted by Gasteiger charge is 2.18. The highest BCUT2D eigenvalue weighted by Crippen LogP contribution is 2.09. The lowest BCUT2D eigenvalue weighted by Crippen LogP contribution is -2.30. The first-order chi connectivity index (χ1) is 6.33. The molecular weight excluding hydrogens is 241 g/mol. The van der Waals surface area contributed by atoms with Crippen LogP contribution < -0.4 is 5.32 Å². The van der Waals surface area contributed by atoms with Crippen molar-refractivity contribution in [2.75, 3.05) is 13.7 Å². The summed E-state index contributed by atoms with van der Waals surface area (Å²) in [6, 6.07) is 0. The van der Waals surface area contributed by atoms with Crippen molar-refractivity contribution in [3.63, 3.8) is 0 Å². The van der Waals surface area contributed by atoms with Crippen LogP contribution in [0.15, 0.2) is 6.20 Å². The molecule has 1 aromatic rings. The zero-order chi connectivity index (χ0) is 9.26. The van der Waals surface area contributed by atoms with E-state index in [0.717, 1.165) is 25.5 Å². The van der Waals surface area contributed by atoms with Crippen LogP contribution in [0.5, 0.6) is 0 Å². The SMILES string of the molecule is COC(=O)c1cnc2n1CCNC2.Cl.Cl. The van der Waals surface area contributed by atoms with Gasteiger partial charge in [-0.25, -0.2) is 9.78 Å². The monoisotopic (exact) mass is 253 g/mol. The maximum Gasteiger partial charge on any atom is 0.356 e. The summed E-state index contributed by atoms with van der Waals surface area (Å²) in [5, 5.41) is 3.18. The van der Waals surface area contributed by atoms with Crippen LogP contribution in [0, 0.1) is 0 Å². The molecule has 2 heterocycles. The highest BCUT2D eigenvalue weighted by atomic mass is 35.5. The summed E-state index contributed by atoms with van der Waals surface area (Å²) < 4.78 is 6.53. The number of methoxy groups -OCH3 is 1. The molecule has 0 aromatic carbocycles. The molecule has 0 atom stereocenters. The van der Waals surface area contributed by atoms with Gasteiger partial charge in [0.1, 0.15) is 11.5 Å². The number of carbonyl (C=O) groups is 1. The molecule has 1 aromatic heterocycles. The van der Waals surface area contributed by atoms with Crippen LogP contribution in [0.25, 0.3) is 0 Å². The maximum atomic E-state index is 11.2. The Morgan fingerprint density at radius 2 is 2.33 bits per heavy atom. The van der Waals surface area contributed by atoms with Crippen molar-refractivity contribution in [3.05, 3.63) is 17.7 Å². The number of halogens is 2. The minimum atomic E-state index is -0.319. The first-order valence-electron chi connectivity index (χ1n) is 4.16. The van der Waals surface area contributed by atoms with Crippen LogP contribution in [-0.4, -0.2) is 29.2 Å². The van der Waals surface area contributed by atoms with Crippen molar-refractivity contribution in [1.29, 1.82) is 0 Å². The van der Waals surface area contributed by atoms with Crippen molar-refractivity contribution >= 4 is 30.8 Å². The van der Waals surface area contributed by atoms with E-state index in [0.29, 0.717) is 5.69 Å². The molecule has 0 saturated heterocycles. The van der Waals surface area contributed by atoms with Crippen LogP contribution >= 0.6 is 24.8 Å². The van der Waals surface area contributed by atoms with Gasteiger partial charge in [-0.1, -0.05) is 0 Å². The molecule has 0 bridgehead atoms. The smallest absolute Gasteiger partial charge is 0.356 e. The predicted octanol–water partition coefficient (Wildman–Crippen LogP) is 0.616. The first kappa shape index (κ1) is 14.2. The van der Waals surface area contributed by atoms with E-state index in [1.165, 1.54) is 7.11 Å². The van der Waals surface area contributed by atoms with E-state index in [-0.39, 0.29) is 30.8 Å². The van der Waals surface area contributed by atoms with Crippen LogP contribution in [0.4, 0.5) is 0 Å². The molecule has 1 N–H and O–H groups in total. The van der Waals surface area contributed by atoms with Crippen molar-refractivity contribution in [2.24, 2.45) is 0 Å². The third-order valence-electron chi connectivity index (χ3n) is 2.13. The largest absolute Gasteiger partial charge is 0.464 e. The molecular formula is C8H13Cl2N3O2. The number of carbonyl (C=O) groups excluding carboxylic acids is 1. The van der Waals surface area contributed by atoms with Gasteiger partial charge in [0.2, 0.25) is 0 Å². The number of esters is 1. The lowest BCUT2D eigenvalue weighted by Gasteiger charge is -2.16. The lowest BCUT2D eigenvalue weighted by atomic mass is 10.4. The minimum absolute atomic E-state index is 0. The molecule has 0 fully saturated rings. The molecule has 0 aliphatic carbocycles. The van der Waals surface area contributed by atoms with Gasteiger partial charge < -0.3 is 14.6 Å². The second kappa shape index (κ2) is 5.95. The summed E-state index contributed by atoms with van der Waals surface area (Å²) in [5.41, 5.74) is 0.541. The third-order valence-corrected chi connectivity index (χ3v) is 2.13. The fourth-order valence-electron chi connectivity index (χ4n) is 1.46. The quantitative estimate of drug-likeness (QED) is 0.746. The number of imidazole rings is 1. The van der Waals surface area contributed by atoms with E-state index < -0.39 is 0 Å². The average molecular weight is 254 g/mol. The van der Waals surface area contributed by atoms with Crippen molar-refractivity contribution < 1.29 is 9.53 Å². The van der Waals surface area contributed by atoms with Gasteiger partial charge in [0.25, 0.3) is 0 Å². The van der Waals surface area contributed by atoms with Crippen LogP contribution in [0.2, 0.25) is 0 Å². The van der Waals surface area contributed by atoms with Gasteiger partial charge >= 0.3 is 5.97 Å². The Balaban J connectivity index is 0.000000980. The fraction of sp³-hybridized carbons (Fsp3) is 0.500. The van der Waals surface area contributed by atoms with Gasteiger partial charge in [-0.2, -0.15) is 0 Å². The molecule has 0 spiro atoms. The van der Waals surface area contributed by atoms with Gasteiger partial charge in [0.15, 0.2) is 0 Å². The summed E-state index contributed by atoms with van der Waals surface area (Å²) in [7, 11) is 1.38. The second-order valence-corrected chi connectivity index (χ2v) is 2.88. The van der Waals surface area contributed by atoms with Gasteiger partial charge in [-0.15, -0.1) is 24.8 Å². The van der Waals surface area contributed by atoms with Gasteiger partial charge in [-0.05, 0) is 0 Å².